The number of aliphatic carboxylic acids is 2. The Morgan fingerprint density at radius 2 is 1.97 bits per heavy atom. The Bertz CT molecular complexity index is 1320. The number of nitrogens with two attached hydrogens (primary N) is 2. The average Bonchev–Trinajstić information content (AvgIpc) is 2.81. The van der Waals surface area contributed by atoms with Crippen molar-refractivity contribution in [3.8, 4) is 5.75 Å². The van der Waals surface area contributed by atoms with Crippen LogP contribution in [-0.4, -0.2) is 67.2 Å². The Labute approximate surface area is 198 Å². The van der Waals surface area contributed by atoms with Crippen LogP contribution >= 0.6 is 0 Å². The summed E-state index contributed by atoms with van der Waals surface area (Å²) in [4.78, 5) is 53.4. The lowest BCUT2D eigenvalue weighted by Crippen LogP contribution is -2.41. The van der Waals surface area contributed by atoms with Gasteiger partial charge in [-0.15, -0.1) is 0 Å². The summed E-state index contributed by atoms with van der Waals surface area (Å²) in [6, 6.07) is 3.40. The largest absolute Gasteiger partial charge is 0.490 e. The summed E-state index contributed by atoms with van der Waals surface area (Å²) in [5.41, 5.74) is 13.6. The Hall–Kier alpha value is -4.75. The molecule has 14 nitrogen and oxygen atoms in total. The molecule has 0 unspecified atom stereocenters. The van der Waals surface area contributed by atoms with E-state index in [0.717, 1.165) is 0 Å². The van der Waals surface area contributed by atoms with Crippen LogP contribution < -0.4 is 26.4 Å². The van der Waals surface area contributed by atoms with Crippen molar-refractivity contribution in [3.63, 3.8) is 0 Å². The summed E-state index contributed by atoms with van der Waals surface area (Å²) in [5.74, 6) is -2.54. The molecule has 0 fully saturated rings. The number of hydrogen-bond donors (Lipinski definition) is 5. The number of amides is 1. The van der Waals surface area contributed by atoms with E-state index in [1.807, 2.05) is 4.90 Å². The maximum absolute atomic E-state index is 12.6. The molecule has 1 aromatic carbocycles. The van der Waals surface area contributed by atoms with Gasteiger partial charge in [-0.05, 0) is 24.6 Å². The minimum atomic E-state index is -1.33. The highest BCUT2D eigenvalue weighted by Crippen LogP contribution is 2.33. The fourth-order valence-corrected chi connectivity index (χ4v) is 3.60. The van der Waals surface area contributed by atoms with Crippen molar-refractivity contribution in [1.29, 1.82) is 0 Å². The molecule has 0 spiro atoms. The van der Waals surface area contributed by atoms with Gasteiger partial charge >= 0.3 is 11.9 Å². The smallest absolute Gasteiger partial charge is 0.326 e. The van der Waals surface area contributed by atoms with Gasteiger partial charge in [0.25, 0.3) is 5.91 Å². The minimum Gasteiger partial charge on any atom is -0.490 e. The summed E-state index contributed by atoms with van der Waals surface area (Å²) >= 11 is 0. The van der Waals surface area contributed by atoms with Gasteiger partial charge in [0.05, 0.1) is 30.7 Å². The highest BCUT2D eigenvalue weighted by Gasteiger charge is 2.24. The Morgan fingerprint density at radius 1 is 1.17 bits per heavy atom. The van der Waals surface area contributed by atoms with Gasteiger partial charge in [-0.1, -0.05) is 0 Å². The molecule has 35 heavy (non-hydrogen) atoms. The molecule has 1 amide bonds. The summed E-state index contributed by atoms with van der Waals surface area (Å²) in [6.07, 6.45) is 0.942. The molecule has 1 aliphatic rings. The molecule has 0 saturated heterocycles. The molecule has 0 bridgehead atoms. The third-order valence-electron chi connectivity index (χ3n) is 5.29. The van der Waals surface area contributed by atoms with E-state index < -0.39 is 23.9 Å². The first-order valence-corrected chi connectivity index (χ1v) is 10.5. The molecule has 14 heteroatoms. The zero-order chi connectivity index (χ0) is 25.1. The number of hydrogen-bond acceptors (Lipinski definition) is 11. The van der Waals surface area contributed by atoms with Crippen LogP contribution in [0.4, 0.5) is 17.5 Å². The number of rotatable bonds is 8. The number of ether oxygens (including phenoxy) is 1. The van der Waals surface area contributed by atoms with Crippen LogP contribution in [0.15, 0.2) is 24.4 Å². The van der Waals surface area contributed by atoms with Crippen LogP contribution in [0.3, 0.4) is 0 Å². The molecule has 3 heterocycles. The Balaban J connectivity index is 1.51. The van der Waals surface area contributed by atoms with Gasteiger partial charge in [0, 0.05) is 12.0 Å². The predicted octanol–water partition coefficient (Wildman–Crippen LogP) is 0.0310. The summed E-state index contributed by atoms with van der Waals surface area (Å²) in [7, 11) is 0. The van der Waals surface area contributed by atoms with E-state index in [9.17, 15) is 19.5 Å². The first-order valence-electron chi connectivity index (χ1n) is 10.5. The number of carbonyl (C=O) groups excluding carboxylic acids is 1. The van der Waals surface area contributed by atoms with Gasteiger partial charge in [-0.2, -0.15) is 9.97 Å². The zero-order valence-electron chi connectivity index (χ0n) is 18.3. The van der Waals surface area contributed by atoms with Gasteiger partial charge in [0.2, 0.25) is 5.95 Å². The van der Waals surface area contributed by atoms with Crippen molar-refractivity contribution >= 4 is 46.5 Å². The van der Waals surface area contributed by atoms with Crippen LogP contribution in [0.5, 0.6) is 5.75 Å². The molecule has 3 aromatic rings. The van der Waals surface area contributed by atoms with Crippen molar-refractivity contribution in [2.45, 2.75) is 25.4 Å². The van der Waals surface area contributed by atoms with Crippen LogP contribution in [0.1, 0.15) is 28.9 Å². The number of fused-ring (bicyclic) bond motifs is 2. The standard InChI is InChI=1S/C21H22N8O6/c22-17-16-18(28-21(23)27-17)24-8-11(25-16)9-29-5-6-35-14-7-10(1-3-13(14)29)19(32)26-12(20(33)34)2-4-15(30)31/h1,3,7-8,12H,2,4-6,9H2,(H,26,32)(H,30,31)(H,33,34)(H4,22,23,24,27,28)/t12-/m0/s1. The quantitative estimate of drug-likeness (QED) is 0.286. The molecule has 1 aliphatic heterocycles. The Kier molecular flexibility index (Phi) is 6.44. The maximum Gasteiger partial charge on any atom is 0.326 e. The van der Waals surface area contributed by atoms with E-state index in [0.29, 0.717) is 48.0 Å². The summed E-state index contributed by atoms with van der Waals surface area (Å²) in [6.45, 7) is 1.25. The topological polar surface area (TPSA) is 220 Å². The van der Waals surface area contributed by atoms with Crippen molar-refractivity contribution in [2.75, 3.05) is 29.5 Å². The van der Waals surface area contributed by atoms with E-state index >= 15 is 0 Å². The molecule has 182 valence electrons. The van der Waals surface area contributed by atoms with Gasteiger partial charge in [0.1, 0.15) is 18.4 Å². The van der Waals surface area contributed by atoms with Gasteiger partial charge < -0.3 is 36.6 Å². The number of benzene rings is 1. The second-order valence-electron chi connectivity index (χ2n) is 7.75. The SMILES string of the molecule is Nc1nc(N)c2nc(CN3CCOc4cc(C(=O)N[C@@H](CCC(=O)O)C(=O)O)ccc43)cnc2n1. The van der Waals surface area contributed by atoms with Crippen molar-refractivity contribution < 1.29 is 29.3 Å². The number of carboxylic acids is 2. The molecule has 4 rings (SSSR count). The molecule has 0 radical (unpaired) electrons. The second-order valence-corrected chi connectivity index (χ2v) is 7.75. The monoisotopic (exact) mass is 482 g/mol. The lowest BCUT2D eigenvalue weighted by atomic mass is 10.1. The van der Waals surface area contributed by atoms with E-state index in [2.05, 4.69) is 25.3 Å². The molecule has 0 aliphatic carbocycles. The van der Waals surface area contributed by atoms with Gasteiger partial charge in [0.15, 0.2) is 17.0 Å². The zero-order valence-corrected chi connectivity index (χ0v) is 18.3. The molecule has 1 atom stereocenters. The number of carbonyl (C=O) groups is 3. The third kappa shape index (κ3) is 5.26. The number of anilines is 3. The van der Waals surface area contributed by atoms with Crippen molar-refractivity contribution in [3.05, 3.63) is 35.7 Å². The van der Waals surface area contributed by atoms with Crippen LogP contribution in [0, 0.1) is 0 Å². The van der Waals surface area contributed by atoms with Crippen LogP contribution in [0.25, 0.3) is 11.2 Å². The lowest BCUT2D eigenvalue weighted by Gasteiger charge is -2.31. The number of nitrogen functional groups attached to an aromatic ring is 2. The van der Waals surface area contributed by atoms with Crippen molar-refractivity contribution in [2.24, 2.45) is 0 Å². The molecular weight excluding hydrogens is 460 g/mol. The Morgan fingerprint density at radius 3 is 2.71 bits per heavy atom. The molecular formula is C21H22N8O6. The number of nitrogens with zero attached hydrogens (tertiary/aromatic N) is 5. The van der Waals surface area contributed by atoms with Crippen molar-refractivity contribution in [1.82, 2.24) is 25.3 Å². The van der Waals surface area contributed by atoms with Crippen LogP contribution in [0.2, 0.25) is 0 Å². The highest BCUT2D eigenvalue weighted by molar-refractivity contribution is 5.97. The maximum atomic E-state index is 12.6. The lowest BCUT2D eigenvalue weighted by molar-refractivity contribution is -0.140. The van der Waals surface area contributed by atoms with Crippen LogP contribution in [-0.2, 0) is 16.1 Å². The van der Waals surface area contributed by atoms with E-state index in [-0.39, 0.29) is 30.2 Å². The highest BCUT2D eigenvalue weighted by atomic mass is 16.5. The fraction of sp³-hybridized carbons (Fsp3) is 0.286. The summed E-state index contributed by atoms with van der Waals surface area (Å²) in [5, 5.41) is 20.4. The normalized spacial score (nSPS) is 13.5. The number of aromatic nitrogens is 4. The summed E-state index contributed by atoms with van der Waals surface area (Å²) < 4.78 is 5.71. The molecule has 7 N–H and O–H groups in total. The molecule has 2 aromatic heterocycles. The van der Waals surface area contributed by atoms with E-state index in [1.165, 1.54) is 12.1 Å². The van der Waals surface area contributed by atoms with E-state index in [4.69, 9.17) is 21.3 Å². The average molecular weight is 482 g/mol. The third-order valence-corrected chi connectivity index (χ3v) is 5.29. The number of nitrogens with one attached hydrogen (secondary N) is 1. The first kappa shape index (κ1) is 23.4. The minimum absolute atomic E-state index is 0.00978. The van der Waals surface area contributed by atoms with Gasteiger partial charge in [-0.25, -0.2) is 14.8 Å². The molecule has 0 saturated carbocycles. The second kappa shape index (κ2) is 9.62. The first-order chi connectivity index (χ1) is 16.7. The predicted molar refractivity (Wildman–Crippen MR) is 123 cm³/mol. The van der Waals surface area contributed by atoms with Gasteiger partial charge in [-0.3, -0.25) is 9.59 Å². The fourth-order valence-electron chi connectivity index (χ4n) is 3.60. The van der Waals surface area contributed by atoms with E-state index in [1.54, 1.807) is 12.3 Å². The number of carboxylic acid groups (broad SMARTS) is 2.